The number of hydrogen-bond acceptors (Lipinski definition) is 8. The predicted molar refractivity (Wildman–Crippen MR) is 99.4 cm³/mol. The number of carbonyl (C=O) groups is 1. The molecule has 28 heavy (non-hydrogen) atoms. The number of carbonyl (C=O) groups excluding carboxylic acids is 1. The molecule has 0 spiro atoms. The number of amides is 1. The monoisotopic (exact) mass is 428 g/mol. The van der Waals surface area contributed by atoms with Crippen LogP contribution < -0.4 is 5.32 Å². The molecule has 1 unspecified atom stereocenters. The van der Waals surface area contributed by atoms with Crippen molar-refractivity contribution < 1.29 is 26.0 Å². The summed E-state index contributed by atoms with van der Waals surface area (Å²) in [5.74, 6) is -1.65. The van der Waals surface area contributed by atoms with Crippen LogP contribution in [0.4, 0.5) is 6.01 Å². The van der Waals surface area contributed by atoms with Gasteiger partial charge in [0.1, 0.15) is 5.75 Å². The zero-order valence-corrected chi connectivity index (χ0v) is 16.7. The lowest BCUT2D eigenvalue weighted by molar-refractivity contribution is -0.121. The van der Waals surface area contributed by atoms with E-state index in [1.807, 2.05) is 0 Å². The van der Waals surface area contributed by atoms with Gasteiger partial charge in [0.15, 0.2) is 9.84 Å². The van der Waals surface area contributed by atoms with Crippen molar-refractivity contribution in [2.75, 3.05) is 24.7 Å². The molecule has 1 aromatic carbocycles. The highest BCUT2D eigenvalue weighted by atomic mass is 32.2. The van der Waals surface area contributed by atoms with Crippen LogP contribution in [-0.4, -0.2) is 56.6 Å². The maximum Gasteiger partial charge on any atom is 0.322 e. The van der Waals surface area contributed by atoms with Crippen molar-refractivity contribution in [3.63, 3.8) is 0 Å². The standard InChI is InChI=1S/C16H20N4O6S2/c1-27(22,23)20-9-5-6-12(10-20)15(21)17-16-19-18-14(26-16)11-28(24,25)13-7-3-2-4-8-13/h2-4,7-8,12H,5-6,9-11H2,1H3,(H,17,19,21). The van der Waals surface area contributed by atoms with E-state index < -0.39 is 37.4 Å². The van der Waals surface area contributed by atoms with E-state index in [9.17, 15) is 21.6 Å². The molecule has 0 aliphatic carbocycles. The molecular formula is C16H20N4O6S2. The fraction of sp³-hybridized carbons (Fsp3) is 0.438. The minimum Gasteiger partial charge on any atom is -0.407 e. The summed E-state index contributed by atoms with van der Waals surface area (Å²) in [6.45, 7) is 0.457. The van der Waals surface area contributed by atoms with E-state index in [0.717, 1.165) is 6.26 Å². The third-order valence-electron chi connectivity index (χ3n) is 4.34. The van der Waals surface area contributed by atoms with Crippen LogP contribution >= 0.6 is 0 Å². The van der Waals surface area contributed by atoms with Crippen molar-refractivity contribution in [2.24, 2.45) is 5.92 Å². The Bertz CT molecular complexity index is 1050. The number of aromatic nitrogens is 2. The Morgan fingerprint density at radius 1 is 1.21 bits per heavy atom. The lowest BCUT2D eigenvalue weighted by atomic mass is 9.99. The van der Waals surface area contributed by atoms with Crippen LogP contribution in [0.2, 0.25) is 0 Å². The first kappa shape index (κ1) is 20.4. The van der Waals surface area contributed by atoms with E-state index >= 15 is 0 Å². The van der Waals surface area contributed by atoms with E-state index in [1.165, 1.54) is 16.4 Å². The number of benzene rings is 1. The molecule has 1 N–H and O–H groups in total. The maximum absolute atomic E-state index is 12.4. The van der Waals surface area contributed by atoms with E-state index in [0.29, 0.717) is 19.4 Å². The molecular weight excluding hydrogens is 408 g/mol. The Morgan fingerprint density at radius 3 is 2.61 bits per heavy atom. The summed E-state index contributed by atoms with van der Waals surface area (Å²) in [6, 6.07) is 7.62. The molecule has 2 heterocycles. The maximum atomic E-state index is 12.4. The third-order valence-corrected chi connectivity index (χ3v) is 7.22. The molecule has 0 radical (unpaired) electrons. The average Bonchev–Trinajstić information content (AvgIpc) is 3.08. The van der Waals surface area contributed by atoms with Gasteiger partial charge in [-0.15, -0.1) is 5.10 Å². The van der Waals surface area contributed by atoms with Crippen LogP contribution in [0.5, 0.6) is 0 Å². The van der Waals surface area contributed by atoms with Gasteiger partial charge in [-0.2, -0.15) is 0 Å². The topological polar surface area (TPSA) is 140 Å². The summed E-state index contributed by atoms with van der Waals surface area (Å²) in [7, 11) is -7.03. The lowest BCUT2D eigenvalue weighted by Gasteiger charge is -2.29. The number of nitrogens with zero attached hydrogens (tertiary/aromatic N) is 3. The van der Waals surface area contributed by atoms with E-state index in [4.69, 9.17) is 4.42 Å². The number of sulfone groups is 1. The van der Waals surface area contributed by atoms with Gasteiger partial charge in [0.05, 0.1) is 17.1 Å². The lowest BCUT2D eigenvalue weighted by Crippen LogP contribution is -2.43. The van der Waals surface area contributed by atoms with Crippen LogP contribution in [0, 0.1) is 5.92 Å². The van der Waals surface area contributed by atoms with Crippen LogP contribution in [0.25, 0.3) is 0 Å². The quantitative estimate of drug-likeness (QED) is 0.707. The molecule has 12 heteroatoms. The molecule has 2 aromatic rings. The van der Waals surface area contributed by atoms with Crippen molar-refractivity contribution in [1.29, 1.82) is 0 Å². The molecule has 152 valence electrons. The van der Waals surface area contributed by atoms with Gasteiger partial charge < -0.3 is 4.42 Å². The van der Waals surface area contributed by atoms with Gasteiger partial charge in [-0.25, -0.2) is 21.1 Å². The largest absolute Gasteiger partial charge is 0.407 e. The number of piperidine rings is 1. The second kappa shape index (κ2) is 7.97. The molecule has 1 fully saturated rings. The smallest absolute Gasteiger partial charge is 0.322 e. The molecule has 1 saturated heterocycles. The molecule has 0 saturated carbocycles. The Hall–Kier alpha value is -2.31. The highest BCUT2D eigenvalue weighted by Crippen LogP contribution is 2.21. The summed E-state index contributed by atoms with van der Waals surface area (Å²) < 4.78 is 54.5. The fourth-order valence-electron chi connectivity index (χ4n) is 2.90. The zero-order valence-electron chi connectivity index (χ0n) is 15.1. The van der Waals surface area contributed by atoms with Gasteiger partial charge in [-0.3, -0.25) is 10.1 Å². The summed E-state index contributed by atoms with van der Waals surface area (Å²) in [5.41, 5.74) is 0. The highest BCUT2D eigenvalue weighted by Gasteiger charge is 2.31. The van der Waals surface area contributed by atoms with E-state index in [-0.39, 0.29) is 23.3 Å². The first-order valence-electron chi connectivity index (χ1n) is 8.51. The first-order chi connectivity index (χ1) is 13.1. The number of rotatable bonds is 6. The van der Waals surface area contributed by atoms with Gasteiger partial charge in [0.25, 0.3) is 0 Å². The predicted octanol–water partition coefficient (Wildman–Crippen LogP) is 0.654. The van der Waals surface area contributed by atoms with Gasteiger partial charge in [-0.1, -0.05) is 23.3 Å². The van der Waals surface area contributed by atoms with Crippen molar-refractivity contribution >= 4 is 31.8 Å². The number of anilines is 1. The van der Waals surface area contributed by atoms with Gasteiger partial charge >= 0.3 is 6.01 Å². The van der Waals surface area contributed by atoms with Gasteiger partial charge in [0.2, 0.25) is 21.8 Å². The first-order valence-corrected chi connectivity index (χ1v) is 12.0. The van der Waals surface area contributed by atoms with E-state index in [1.54, 1.807) is 18.2 Å². The summed E-state index contributed by atoms with van der Waals surface area (Å²) in [5, 5.41) is 9.75. The Labute approximate surface area is 162 Å². The Morgan fingerprint density at radius 2 is 1.93 bits per heavy atom. The molecule has 1 aromatic heterocycles. The zero-order chi connectivity index (χ0) is 20.4. The summed E-state index contributed by atoms with van der Waals surface area (Å²) in [4.78, 5) is 12.5. The number of nitrogens with one attached hydrogen (secondary N) is 1. The summed E-state index contributed by atoms with van der Waals surface area (Å²) >= 11 is 0. The average molecular weight is 428 g/mol. The molecule has 10 nitrogen and oxygen atoms in total. The molecule has 1 amide bonds. The molecule has 1 aliphatic rings. The second-order valence-corrected chi connectivity index (χ2v) is 10.5. The van der Waals surface area contributed by atoms with E-state index in [2.05, 4.69) is 15.5 Å². The molecule has 0 bridgehead atoms. The van der Waals surface area contributed by atoms with Crippen molar-refractivity contribution in [2.45, 2.75) is 23.5 Å². The third kappa shape index (κ3) is 4.94. The normalized spacial score (nSPS) is 18.7. The second-order valence-electron chi connectivity index (χ2n) is 6.52. The minimum atomic E-state index is -3.65. The van der Waals surface area contributed by atoms with Crippen molar-refractivity contribution in [1.82, 2.24) is 14.5 Å². The number of sulfonamides is 1. The Balaban J connectivity index is 1.64. The van der Waals surface area contributed by atoms with Crippen molar-refractivity contribution in [3.8, 4) is 0 Å². The van der Waals surface area contributed by atoms with Crippen LogP contribution in [0.1, 0.15) is 18.7 Å². The minimum absolute atomic E-state index is 0.0774. The fourth-order valence-corrected chi connectivity index (χ4v) is 4.99. The number of hydrogen-bond donors (Lipinski definition) is 1. The van der Waals surface area contributed by atoms with Gasteiger partial charge in [0, 0.05) is 13.1 Å². The SMILES string of the molecule is CS(=O)(=O)N1CCCC(C(=O)Nc2nnc(CS(=O)(=O)c3ccccc3)o2)C1. The molecule has 1 atom stereocenters. The van der Waals surface area contributed by atoms with Crippen LogP contribution in [0.3, 0.4) is 0 Å². The Kier molecular flexibility index (Phi) is 5.82. The van der Waals surface area contributed by atoms with Crippen LogP contribution in [0.15, 0.2) is 39.6 Å². The molecule has 1 aliphatic heterocycles. The van der Waals surface area contributed by atoms with Crippen molar-refractivity contribution in [3.05, 3.63) is 36.2 Å². The van der Waals surface area contributed by atoms with Gasteiger partial charge in [-0.05, 0) is 25.0 Å². The molecule has 3 rings (SSSR count). The van der Waals surface area contributed by atoms with Crippen LogP contribution in [-0.2, 0) is 30.4 Å². The summed E-state index contributed by atoms with van der Waals surface area (Å²) in [6.07, 6.45) is 2.20. The highest BCUT2D eigenvalue weighted by molar-refractivity contribution is 7.90.